The van der Waals surface area contributed by atoms with E-state index in [-0.39, 0.29) is 11.9 Å². The topological polar surface area (TPSA) is 67.6 Å². The van der Waals surface area contributed by atoms with Gasteiger partial charge in [0.15, 0.2) is 0 Å². The number of nitrogens with two attached hydrogens (primary N) is 1. The molecule has 3 N–H and O–H groups in total. The molecule has 1 amide bonds. The van der Waals surface area contributed by atoms with E-state index in [1.165, 1.54) is 0 Å². The van der Waals surface area contributed by atoms with Gasteiger partial charge in [0, 0.05) is 45.2 Å². The Balaban J connectivity index is 4.38. The molecule has 5 heteroatoms. The lowest BCUT2D eigenvalue weighted by Crippen LogP contribution is -2.48. The Kier molecular flexibility index (Phi) is 9.03. The molecular weight excluding hydrogens is 218 g/mol. The predicted molar refractivity (Wildman–Crippen MR) is 69.9 cm³/mol. The zero-order chi connectivity index (χ0) is 13.3. The molecule has 0 radical (unpaired) electrons. The number of nitrogens with one attached hydrogen (secondary N) is 1. The van der Waals surface area contributed by atoms with Gasteiger partial charge in [0.1, 0.15) is 0 Å². The second kappa shape index (κ2) is 9.39. The average Bonchev–Trinajstić information content (AvgIpc) is 2.27. The van der Waals surface area contributed by atoms with E-state index in [0.717, 1.165) is 6.54 Å². The average molecular weight is 245 g/mol. The fraction of sp³-hybridized carbons (Fsp3) is 0.917. The summed E-state index contributed by atoms with van der Waals surface area (Å²) >= 11 is 0. The van der Waals surface area contributed by atoms with Gasteiger partial charge >= 0.3 is 0 Å². The summed E-state index contributed by atoms with van der Waals surface area (Å²) in [6.45, 7) is 8.74. The van der Waals surface area contributed by atoms with Crippen molar-refractivity contribution in [3.8, 4) is 0 Å². The highest BCUT2D eigenvalue weighted by Gasteiger charge is 2.22. The van der Waals surface area contributed by atoms with Gasteiger partial charge in [-0.25, -0.2) is 0 Å². The minimum Gasteiger partial charge on any atom is -0.383 e. The molecule has 0 aliphatic heterocycles. The normalized spacial score (nSPS) is 13.1. The summed E-state index contributed by atoms with van der Waals surface area (Å²) in [5, 5.41) is 2.81. The highest BCUT2D eigenvalue weighted by atomic mass is 16.5. The molecule has 0 saturated carbocycles. The Labute approximate surface area is 105 Å². The third-order valence-electron chi connectivity index (χ3n) is 2.75. The quantitative estimate of drug-likeness (QED) is 0.609. The number of nitrogens with zero attached hydrogens (tertiary/aromatic N) is 1. The van der Waals surface area contributed by atoms with Crippen LogP contribution >= 0.6 is 0 Å². The summed E-state index contributed by atoms with van der Waals surface area (Å²) in [7, 11) is 1.68. The van der Waals surface area contributed by atoms with Gasteiger partial charge in [-0.15, -0.1) is 0 Å². The molecule has 0 aromatic rings. The maximum atomic E-state index is 11.6. The van der Waals surface area contributed by atoms with E-state index in [0.29, 0.717) is 32.2 Å². The number of hydrogen-bond donors (Lipinski definition) is 2. The summed E-state index contributed by atoms with van der Waals surface area (Å²) in [4.78, 5) is 13.8. The van der Waals surface area contributed by atoms with Gasteiger partial charge in [0.25, 0.3) is 0 Å². The van der Waals surface area contributed by atoms with E-state index in [9.17, 15) is 4.79 Å². The minimum absolute atomic E-state index is 0.0611. The van der Waals surface area contributed by atoms with Crippen LogP contribution in [0.1, 0.15) is 27.2 Å². The molecule has 0 heterocycles. The van der Waals surface area contributed by atoms with Crippen molar-refractivity contribution in [1.82, 2.24) is 10.2 Å². The first-order chi connectivity index (χ1) is 8.06. The molecule has 0 spiro atoms. The van der Waals surface area contributed by atoms with Gasteiger partial charge in [-0.05, 0) is 20.8 Å². The summed E-state index contributed by atoms with van der Waals surface area (Å²) < 4.78 is 5.09. The molecule has 0 fully saturated rings. The minimum atomic E-state index is 0.0611. The third kappa shape index (κ3) is 6.61. The first kappa shape index (κ1) is 16.4. The van der Waals surface area contributed by atoms with Crippen molar-refractivity contribution in [2.45, 2.75) is 39.3 Å². The zero-order valence-electron chi connectivity index (χ0n) is 11.5. The summed E-state index contributed by atoms with van der Waals surface area (Å²) in [6, 6.07) is 0.435. The Morgan fingerprint density at radius 3 is 2.53 bits per heavy atom. The summed E-state index contributed by atoms with van der Waals surface area (Å²) in [6.07, 6.45) is 0.451. The van der Waals surface area contributed by atoms with E-state index >= 15 is 0 Å². The van der Waals surface area contributed by atoms with Gasteiger partial charge in [-0.2, -0.15) is 0 Å². The fourth-order valence-corrected chi connectivity index (χ4v) is 1.88. The zero-order valence-corrected chi connectivity index (χ0v) is 11.5. The van der Waals surface area contributed by atoms with Crippen LogP contribution < -0.4 is 11.1 Å². The molecule has 17 heavy (non-hydrogen) atoms. The molecule has 1 unspecified atom stereocenters. The molecule has 0 aliphatic rings. The van der Waals surface area contributed by atoms with Gasteiger partial charge in [0.2, 0.25) is 5.91 Å². The lowest BCUT2D eigenvalue weighted by molar-refractivity contribution is -0.122. The molecule has 0 saturated heterocycles. The van der Waals surface area contributed by atoms with Crippen molar-refractivity contribution in [3.63, 3.8) is 0 Å². The molecule has 5 nitrogen and oxygen atoms in total. The molecule has 0 aliphatic carbocycles. The Hall–Kier alpha value is -0.650. The molecular formula is C12H27N3O2. The van der Waals surface area contributed by atoms with E-state index in [2.05, 4.69) is 24.1 Å². The number of amides is 1. The monoisotopic (exact) mass is 245 g/mol. The Morgan fingerprint density at radius 2 is 2.12 bits per heavy atom. The van der Waals surface area contributed by atoms with Crippen molar-refractivity contribution in [1.29, 1.82) is 0 Å². The maximum absolute atomic E-state index is 11.6. The van der Waals surface area contributed by atoms with Crippen molar-refractivity contribution in [2.24, 2.45) is 5.73 Å². The largest absolute Gasteiger partial charge is 0.383 e. The van der Waals surface area contributed by atoms with Crippen LogP contribution in [0.5, 0.6) is 0 Å². The number of carbonyl (C=O) groups is 1. The third-order valence-corrected chi connectivity index (χ3v) is 2.75. The predicted octanol–water partition coefficient (Wildman–Crippen LogP) is 0.197. The van der Waals surface area contributed by atoms with Crippen molar-refractivity contribution in [2.75, 3.05) is 33.4 Å². The van der Waals surface area contributed by atoms with Crippen LogP contribution in [0.2, 0.25) is 0 Å². The van der Waals surface area contributed by atoms with Gasteiger partial charge in [-0.3, -0.25) is 9.69 Å². The van der Waals surface area contributed by atoms with E-state index in [1.807, 2.05) is 6.92 Å². The van der Waals surface area contributed by atoms with Crippen LogP contribution in [-0.4, -0.2) is 56.2 Å². The van der Waals surface area contributed by atoms with Crippen LogP contribution in [0.4, 0.5) is 0 Å². The number of carbonyl (C=O) groups excluding carboxylic acids is 1. The smallest absolute Gasteiger partial charge is 0.221 e. The highest BCUT2D eigenvalue weighted by molar-refractivity contribution is 5.76. The van der Waals surface area contributed by atoms with Crippen LogP contribution in [-0.2, 0) is 9.53 Å². The first-order valence-corrected chi connectivity index (χ1v) is 6.28. The summed E-state index contributed by atoms with van der Waals surface area (Å²) in [5.41, 5.74) is 5.77. The summed E-state index contributed by atoms with van der Waals surface area (Å²) in [5.74, 6) is 0.0611. The van der Waals surface area contributed by atoms with Crippen molar-refractivity contribution in [3.05, 3.63) is 0 Å². The number of methoxy groups -OCH3 is 1. The second-order valence-corrected chi connectivity index (χ2v) is 4.37. The van der Waals surface area contributed by atoms with E-state index < -0.39 is 0 Å². The molecule has 102 valence electrons. The fourth-order valence-electron chi connectivity index (χ4n) is 1.88. The standard InChI is InChI=1S/C12H27N3O2/c1-5-14-12(16)8-11(9-13)15(10(2)3)6-7-17-4/h10-11H,5-9,13H2,1-4H3,(H,14,16). The number of ether oxygens (including phenoxy) is 1. The molecule has 0 bridgehead atoms. The second-order valence-electron chi connectivity index (χ2n) is 4.37. The van der Waals surface area contributed by atoms with Crippen LogP contribution in [0.15, 0.2) is 0 Å². The highest BCUT2D eigenvalue weighted by Crippen LogP contribution is 2.08. The number of hydrogen-bond acceptors (Lipinski definition) is 4. The van der Waals surface area contributed by atoms with Crippen molar-refractivity contribution >= 4 is 5.91 Å². The first-order valence-electron chi connectivity index (χ1n) is 6.28. The Morgan fingerprint density at radius 1 is 1.47 bits per heavy atom. The SMILES string of the molecule is CCNC(=O)CC(CN)N(CCOC)C(C)C. The molecule has 0 aromatic heterocycles. The van der Waals surface area contributed by atoms with Crippen LogP contribution in [0.25, 0.3) is 0 Å². The Bertz CT molecular complexity index is 210. The lowest BCUT2D eigenvalue weighted by atomic mass is 10.1. The van der Waals surface area contributed by atoms with Crippen molar-refractivity contribution < 1.29 is 9.53 Å². The van der Waals surface area contributed by atoms with Crippen LogP contribution in [0, 0.1) is 0 Å². The lowest BCUT2D eigenvalue weighted by Gasteiger charge is -2.33. The van der Waals surface area contributed by atoms with E-state index in [1.54, 1.807) is 7.11 Å². The molecule has 1 atom stereocenters. The maximum Gasteiger partial charge on any atom is 0.221 e. The molecule has 0 rings (SSSR count). The molecule has 0 aromatic carbocycles. The number of rotatable bonds is 9. The van der Waals surface area contributed by atoms with Gasteiger partial charge in [-0.1, -0.05) is 0 Å². The van der Waals surface area contributed by atoms with Gasteiger partial charge in [0.05, 0.1) is 6.61 Å². The van der Waals surface area contributed by atoms with Gasteiger partial charge < -0.3 is 15.8 Å². The van der Waals surface area contributed by atoms with E-state index in [4.69, 9.17) is 10.5 Å². The van der Waals surface area contributed by atoms with Crippen LogP contribution in [0.3, 0.4) is 0 Å².